The van der Waals surface area contributed by atoms with Crippen molar-refractivity contribution in [3.05, 3.63) is 34.4 Å². The Morgan fingerprint density at radius 2 is 1.67 bits per heavy atom. The largest absolute Gasteiger partial charge is 0.300 e. The summed E-state index contributed by atoms with van der Waals surface area (Å²) in [6.07, 6.45) is 0.868. The van der Waals surface area contributed by atoms with Gasteiger partial charge in [-0.25, -0.2) is 0 Å². The summed E-state index contributed by atoms with van der Waals surface area (Å²) in [5.41, 5.74) is 5.24. The third-order valence-corrected chi connectivity index (χ3v) is 3.04. The highest BCUT2D eigenvalue weighted by molar-refractivity contribution is 5.78. The summed E-state index contributed by atoms with van der Waals surface area (Å²) in [5, 5.41) is 0. The molecule has 0 aliphatic rings. The van der Waals surface area contributed by atoms with Crippen molar-refractivity contribution in [1.29, 1.82) is 0 Å². The van der Waals surface area contributed by atoms with E-state index in [4.69, 9.17) is 0 Å². The summed E-state index contributed by atoms with van der Waals surface area (Å²) >= 11 is 0. The summed E-state index contributed by atoms with van der Waals surface area (Å²) in [6.45, 7) is 10.0. The predicted octanol–water partition coefficient (Wildman–Crippen LogP) is 3.38. The lowest BCUT2D eigenvalue weighted by Gasteiger charge is -2.14. The maximum Gasteiger partial charge on any atom is 0.132 e. The van der Waals surface area contributed by atoms with Crippen molar-refractivity contribution < 1.29 is 4.79 Å². The Morgan fingerprint density at radius 1 is 1.20 bits per heavy atom. The molecule has 82 valence electrons. The first kappa shape index (κ1) is 12.0. The van der Waals surface area contributed by atoms with Crippen LogP contribution < -0.4 is 0 Å². The van der Waals surface area contributed by atoms with E-state index in [0.29, 0.717) is 0 Å². The van der Waals surface area contributed by atoms with Crippen LogP contribution in [0.1, 0.15) is 36.1 Å². The molecule has 0 aliphatic heterocycles. The summed E-state index contributed by atoms with van der Waals surface area (Å²) in [4.78, 5) is 11.2. The first-order chi connectivity index (χ1) is 6.91. The monoisotopic (exact) mass is 204 g/mol. The van der Waals surface area contributed by atoms with Crippen LogP contribution in [0.5, 0.6) is 0 Å². The minimum Gasteiger partial charge on any atom is -0.300 e. The number of ketones is 1. The molecule has 1 rings (SSSR count). The molecule has 1 aromatic carbocycles. The van der Waals surface area contributed by atoms with Gasteiger partial charge in [-0.05, 0) is 50.8 Å². The molecular formula is C14H20O. The van der Waals surface area contributed by atoms with Crippen molar-refractivity contribution in [2.75, 3.05) is 0 Å². The number of carbonyl (C=O) groups is 1. The molecule has 0 saturated heterocycles. The number of hydrogen-bond acceptors (Lipinski definition) is 1. The fourth-order valence-corrected chi connectivity index (χ4v) is 1.98. The van der Waals surface area contributed by atoms with Gasteiger partial charge in [-0.3, -0.25) is 4.79 Å². The van der Waals surface area contributed by atoms with E-state index in [-0.39, 0.29) is 11.7 Å². The van der Waals surface area contributed by atoms with E-state index in [2.05, 4.69) is 32.9 Å². The van der Waals surface area contributed by atoms with Gasteiger partial charge in [0, 0.05) is 5.92 Å². The van der Waals surface area contributed by atoms with Gasteiger partial charge in [0.2, 0.25) is 0 Å². The van der Waals surface area contributed by atoms with E-state index < -0.39 is 0 Å². The molecule has 0 amide bonds. The second-order valence-electron chi connectivity index (χ2n) is 4.59. The van der Waals surface area contributed by atoms with Gasteiger partial charge in [0.05, 0.1) is 0 Å². The van der Waals surface area contributed by atoms with Crippen molar-refractivity contribution in [1.82, 2.24) is 0 Å². The van der Waals surface area contributed by atoms with Crippen LogP contribution in [0.15, 0.2) is 12.1 Å². The maximum absolute atomic E-state index is 11.2. The number of Topliss-reactive ketones (excluding diaryl/α,β-unsaturated/α-hetero) is 1. The van der Waals surface area contributed by atoms with Crippen molar-refractivity contribution >= 4 is 5.78 Å². The van der Waals surface area contributed by atoms with Gasteiger partial charge in [0.1, 0.15) is 5.78 Å². The highest BCUT2D eigenvalue weighted by Crippen LogP contribution is 2.20. The SMILES string of the molecule is CC(=O)C(C)Cc1c(C)cc(C)cc1C. The predicted molar refractivity (Wildman–Crippen MR) is 64.2 cm³/mol. The zero-order chi connectivity index (χ0) is 11.6. The zero-order valence-electron chi connectivity index (χ0n) is 10.3. The Kier molecular flexibility index (Phi) is 3.67. The topological polar surface area (TPSA) is 17.1 Å². The molecule has 1 atom stereocenters. The molecular weight excluding hydrogens is 184 g/mol. The van der Waals surface area contributed by atoms with Gasteiger partial charge < -0.3 is 0 Å². The van der Waals surface area contributed by atoms with Crippen LogP contribution in [0.2, 0.25) is 0 Å². The molecule has 0 aromatic heterocycles. The number of hydrogen-bond donors (Lipinski definition) is 0. The molecule has 0 spiro atoms. The van der Waals surface area contributed by atoms with Crippen LogP contribution in [-0.4, -0.2) is 5.78 Å². The average molecular weight is 204 g/mol. The first-order valence-electron chi connectivity index (χ1n) is 5.49. The molecule has 0 bridgehead atoms. The molecule has 1 aromatic rings. The molecule has 1 unspecified atom stereocenters. The van der Waals surface area contributed by atoms with Crippen molar-refractivity contribution in [2.24, 2.45) is 5.92 Å². The van der Waals surface area contributed by atoms with Gasteiger partial charge in [-0.15, -0.1) is 0 Å². The third-order valence-electron chi connectivity index (χ3n) is 3.04. The number of aryl methyl sites for hydroxylation is 3. The van der Waals surface area contributed by atoms with Gasteiger partial charge in [-0.1, -0.05) is 24.6 Å². The quantitative estimate of drug-likeness (QED) is 0.737. The van der Waals surface area contributed by atoms with Gasteiger partial charge in [-0.2, -0.15) is 0 Å². The van der Waals surface area contributed by atoms with Crippen molar-refractivity contribution in [3.63, 3.8) is 0 Å². The van der Waals surface area contributed by atoms with Crippen LogP contribution in [-0.2, 0) is 11.2 Å². The summed E-state index contributed by atoms with van der Waals surface area (Å²) in [7, 11) is 0. The van der Waals surface area contributed by atoms with Gasteiger partial charge >= 0.3 is 0 Å². The second kappa shape index (κ2) is 4.61. The first-order valence-corrected chi connectivity index (χ1v) is 5.49. The molecule has 15 heavy (non-hydrogen) atoms. The Morgan fingerprint density at radius 3 is 2.07 bits per heavy atom. The lowest BCUT2D eigenvalue weighted by molar-refractivity contribution is -0.120. The fraction of sp³-hybridized carbons (Fsp3) is 0.500. The highest BCUT2D eigenvalue weighted by atomic mass is 16.1. The lowest BCUT2D eigenvalue weighted by atomic mass is 9.90. The number of carbonyl (C=O) groups excluding carboxylic acids is 1. The summed E-state index contributed by atoms with van der Waals surface area (Å²) < 4.78 is 0. The molecule has 1 heteroatoms. The van der Waals surface area contributed by atoms with Crippen molar-refractivity contribution in [3.8, 4) is 0 Å². The minimum atomic E-state index is 0.130. The summed E-state index contributed by atoms with van der Waals surface area (Å²) in [5.74, 6) is 0.402. The van der Waals surface area contributed by atoms with E-state index in [1.807, 2.05) is 6.92 Å². The van der Waals surface area contributed by atoms with Crippen LogP contribution >= 0.6 is 0 Å². The van der Waals surface area contributed by atoms with Crippen LogP contribution in [0.3, 0.4) is 0 Å². The van der Waals surface area contributed by atoms with Crippen LogP contribution in [0, 0.1) is 26.7 Å². The van der Waals surface area contributed by atoms with E-state index in [0.717, 1.165) is 6.42 Å². The van der Waals surface area contributed by atoms with Gasteiger partial charge in [0.15, 0.2) is 0 Å². The Labute approximate surface area is 92.5 Å². The highest BCUT2D eigenvalue weighted by Gasteiger charge is 2.12. The number of rotatable bonds is 3. The minimum absolute atomic E-state index is 0.130. The standard InChI is InChI=1S/C14H20O/c1-9-6-11(3)14(12(4)7-9)8-10(2)13(5)15/h6-7,10H,8H2,1-5H3. The average Bonchev–Trinajstić information content (AvgIpc) is 2.10. The van der Waals surface area contributed by atoms with Crippen molar-refractivity contribution in [2.45, 2.75) is 41.0 Å². The molecule has 0 saturated carbocycles. The summed E-state index contributed by atoms with van der Waals surface area (Å²) in [6, 6.07) is 4.38. The van der Waals surface area contributed by atoms with E-state index >= 15 is 0 Å². The van der Waals surface area contributed by atoms with E-state index in [1.165, 1.54) is 22.3 Å². The van der Waals surface area contributed by atoms with E-state index in [9.17, 15) is 4.79 Å². The molecule has 1 nitrogen and oxygen atoms in total. The Bertz CT molecular complexity index is 354. The third kappa shape index (κ3) is 2.92. The van der Waals surface area contributed by atoms with Crippen LogP contribution in [0.4, 0.5) is 0 Å². The molecule has 0 N–H and O–H groups in total. The normalized spacial score (nSPS) is 12.6. The smallest absolute Gasteiger partial charge is 0.132 e. The zero-order valence-corrected chi connectivity index (χ0v) is 10.3. The molecule has 0 fully saturated rings. The second-order valence-corrected chi connectivity index (χ2v) is 4.59. The molecule has 0 heterocycles. The Hall–Kier alpha value is -1.11. The van der Waals surface area contributed by atoms with E-state index in [1.54, 1.807) is 6.92 Å². The lowest BCUT2D eigenvalue weighted by Crippen LogP contribution is -2.11. The number of benzene rings is 1. The fourth-order valence-electron chi connectivity index (χ4n) is 1.98. The Balaban J connectivity index is 3.00. The van der Waals surface area contributed by atoms with Gasteiger partial charge in [0.25, 0.3) is 0 Å². The molecule has 0 radical (unpaired) electrons. The maximum atomic E-state index is 11.2. The molecule has 0 aliphatic carbocycles. The van der Waals surface area contributed by atoms with Crippen LogP contribution in [0.25, 0.3) is 0 Å².